The third kappa shape index (κ3) is 4.01. The number of carbonyl (C=O) groups is 1. The molecule has 3 aromatic rings. The van der Waals surface area contributed by atoms with Crippen LogP contribution in [0.5, 0.6) is 11.5 Å². The summed E-state index contributed by atoms with van der Waals surface area (Å²) < 4.78 is 10.7. The van der Waals surface area contributed by atoms with Crippen LogP contribution in [0.4, 0.5) is 11.4 Å². The number of fused-ring (bicyclic) bond motifs is 1. The van der Waals surface area contributed by atoms with Crippen LogP contribution in [0, 0.1) is 0 Å². The number of rotatable bonds is 5. The summed E-state index contributed by atoms with van der Waals surface area (Å²) >= 11 is 1.46. The van der Waals surface area contributed by atoms with Crippen molar-refractivity contribution < 1.29 is 14.3 Å². The Morgan fingerprint density at radius 2 is 1.78 bits per heavy atom. The summed E-state index contributed by atoms with van der Waals surface area (Å²) in [4.78, 5) is 14.0. The lowest BCUT2D eigenvalue weighted by molar-refractivity contribution is -0.115. The zero-order chi connectivity index (χ0) is 18.6. The van der Waals surface area contributed by atoms with E-state index < -0.39 is 5.25 Å². The topological polar surface area (TPSA) is 73.6 Å². The molecule has 1 atom stereocenters. The lowest BCUT2D eigenvalue weighted by Crippen LogP contribution is -2.19. The molecule has 0 saturated heterocycles. The molecule has 4 rings (SSSR count). The first-order valence-electron chi connectivity index (χ1n) is 8.47. The van der Waals surface area contributed by atoms with Gasteiger partial charge in [-0.25, -0.2) is 0 Å². The number of hydrogen-bond donors (Lipinski definition) is 2. The van der Waals surface area contributed by atoms with Crippen molar-refractivity contribution in [3.63, 3.8) is 0 Å². The molecule has 6 heteroatoms. The Morgan fingerprint density at radius 3 is 2.59 bits per heavy atom. The molecule has 0 aliphatic carbocycles. The van der Waals surface area contributed by atoms with Gasteiger partial charge in [0.2, 0.25) is 12.7 Å². The predicted octanol–water partition coefficient (Wildman–Crippen LogP) is 4.47. The van der Waals surface area contributed by atoms with Crippen LogP contribution in [0.15, 0.2) is 77.7 Å². The summed E-state index contributed by atoms with van der Waals surface area (Å²) in [7, 11) is 0. The monoisotopic (exact) mass is 378 g/mol. The maximum atomic E-state index is 13.1. The van der Waals surface area contributed by atoms with Gasteiger partial charge in [0, 0.05) is 22.3 Å². The van der Waals surface area contributed by atoms with Gasteiger partial charge < -0.3 is 20.5 Å². The van der Waals surface area contributed by atoms with E-state index in [1.807, 2.05) is 54.6 Å². The van der Waals surface area contributed by atoms with Crippen LogP contribution >= 0.6 is 11.8 Å². The van der Waals surface area contributed by atoms with E-state index >= 15 is 0 Å². The van der Waals surface area contributed by atoms with Gasteiger partial charge in [0.05, 0.1) is 0 Å². The summed E-state index contributed by atoms with van der Waals surface area (Å²) in [5.41, 5.74) is 8.14. The van der Waals surface area contributed by atoms with E-state index in [1.54, 1.807) is 18.2 Å². The number of thioether (sulfide) groups is 1. The van der Waals surface area contributed by atoms with Gasteiger partial charge in [-0.2, -0.15) is 0 Å². The second-order valence-corrected chi connectivity index (χ2v) is 7.22. The highest BCUT2D eigenvalue weighted by Crippen LogP contribution is 2.38. The van der Waals surface area contributed by atoms with Gasteiger partial charge in [-0.1, -0.05) is 36.4 Å². The van der Waals surface area contributed by atoms with Gasteiger partial charge in [-0.05, 0) is 35.9 Å². The van der Waals surface area contributed by atoms with Crippen LogP contribution < -0.4 is 20.5 Å². The number of anilines is 2. The van der Waals surface area contributed by atoms with Crippen molar-refractivity contribution in [1.29, 1.82) is 0 Å². The molecule has 0 saturated carbocycles. The Bertz CT molecular complexity index is 963. The molecule has 0 aromatic heterocycles. The minimum Gasteiger partial charge on any atom is -0.454 e. The lowest BCUT2D eigenvalue weighted by atomic mass is 10.1. The van der Waals surface area contributed by atoms with Crippen molar-refractivity contribution in [1.82, 2.24) is 0 Å². The number of nitrogens with one attached hydrogen (secondary N) is 1. The molecule has 0 fully saturated rings. The molecule has 1 aliphatic heterocycles. The SMILES string of the molecule is Nc1cccc(SC(C(=O)Nc2ccc3c(c2)OCO3)c2ccccc2)c1. The fourth-order valence-electron chi connectivity index (χ4n) is 2.81. The smallest absolute Gasteiger partial charge is 0.242 e. The third-order valence-corrected chi connectivity index (χ3v) is 5.34. The predicted molar refractivity (Wildman–Crippen MR) is 107 cm³/mol. The summed E-state index contributed by atoms with van der Waals surface area (Å²) in [5.74, 6) is 1.20. The second-order valence-electron chi connectivity index (χ2n) is 6.04. The Hall–Kier alpha value is -3.12. The van der Waals surface area contributed by atoms with Crippen LogP contribution in [0.3, 0.4) is 0 Å². The Labute approximate surface area is 161 Å². The number of amides is 1. The van der Waals surface area contributed by atoms with Crippen molar-refractivity contribution in [2.75, 3.05) is 17.8 Å². The van der Waals surface area contributed by atoms with Crippen molar-refractivity contribution in [3.8, 4) is 11.5 Å². The highest BCUT2D eigenvalue weighted by Gasteiger charge is 2.23. The molecule has 1 heterocycles. The van der Waals surface area contributed by atoms with Gasteiger partial charge in [0.15, 0.2) is 11.5 Å². The molecular formula is C21H18N2O3S. The van der Waals surface area contributed by atoms with E-state index in [-0.39, 0.29) is 12.7 Å². The Balaban J connectivity index is 1.58. The van der Waals surface area contributed by atoms with Gasteiger partial charge in [-0.3, -0.25) is 4.79 Å². The number of ether oxygens (including phenoxy) is 2. The molecule has 5 nitrogen and oxygen atoms in total. The minimum absolute atomic E-state index is 0.118. The van der Waals surface area contributed by atoms with Crippen molar-refractivity contribution in [2.24, 2.45) is 0 Å². The van der Waals surface area contributed by atoms with Gasteiger partial charge >= 0.3 is 0 Å². The molecule has 3 aromatic carbocycles. The molecule has 136 valence electrons. The first-order chi connectivity index (χ1) is 13.2. The summed E-state index contributed by atoms with van der Waals surface area (Å²) in [5, 5.41) is 2.56. The lowest BCUT2D eigenvalue weighted by Gasteiger charge is -2.17. The maximum absolute atomic E-state index is 13.1. The first kappa shape index (κ1) is 17.3. The average Bonchev–Trinajstić information content (AvgIpc) is 3.14. The van der Waals surface area contributed by atoms with Crippen molar-refractivity contribution >= 4 is 29.0 Å². The number of nitrogen functional groups attached to an aromatic ring is 1. The number of benzene rings is 3. The zero-order valence-corrected chi connectivity index (χ0v) is 15.2. The number of carbonyl (C=O) groups excluding carboxylic acids is 1. The van der Waals surface area contributed by atoms with Gasteiger partial charge in [0.1, 0.15) is 5.25 Å². The van der Waals surface area contributed by atoms with E-state index in [1.165, 1.54) is 11.8 Å². The van der Waals surface area contributed by atoms with E-state index in [0.29, 0.717) is 22.9 Å². The fourth-order valence-corrected chi connectivity index (χ4v) is 3.90. The maximum Gasteiger partial charge on any atom is 0.242 e. The first-order valence-corrected chi connectivity index (χ1v) is 9.35. The Morgan fingerprint density at radius 1 is 0.963 bits per heavy atom. The highest BCUT2D eigenvalue weighted by atomic mass is 32.2. The molecule has 1 unspecified atom stereocenters. The van der Waals surface area contributed by atoms with Crippen LogP contribution in [-0.2, 0) is 4.79 Å². The van der Waals surface area contributed by atoms with Crippen LogP contribution in [-0.4, -0.2) is 12.7 Å². The Kier molecular flexibility index (Phi) is 4.89. The standard InChI is InChI=1S/C21H18N2O3S/c22-15-7-4-8-17(11-15)27-20(14-5-2-1-3-6-14)21(24)23-16-9-10-18-19(12-16)26-13-25-18/h1-12,20H,13,22H2,(H,23,24). The quantitative estimate of drug-likeness (QED) is 0.506. The van der Waals surface area contributed by atoms with Crippen LogP contribution in [0.25, 0.3) is 0 Å². The normalized spacial score (nSPS) is 13.2. The van der Waals surface area contributed by atoms with Crippen molar-refractivity contribution in [3.05, 3.63) is 78.4 Å². The van der Waals surface area contributed by atoms with Crippen LogP contribution in [0.1, 0.15) is 10.8 Å². The molecule has 3 N–H and O–H groups in total. The van der Waals surface area contributed by atoms with Gasteiger partial charge in [0.25, 0.3) is 0 Å². The molecule has 1 amide bonds. The molecule has 0 bridgehead atoms. The van der Waals surface area contributed by atoms with E-state index in [0.717, 1.165) is 10.5 Å². The van der Waals surface area contributed by atoms with Gasteiger partial charge in [-0.15, -0.1) is 11.8 Å². The average molecular weight is 378 g/mol. The number of hydrogen-bond acceptors (Lipinski definition) is 5. The van der Waals surface area contributed by atoms with Crippen LogP contribution in [0.2, 0.25) is 0 Å². The third-order valence-electron chi connectivity index (χ3n) is 4.09. The molecule has 1 aliphatic rings. The summed E-state index contributed by atoms with van der Waals surface area (Å²) in [6.45, 7) is 0.199. The molecule has 0 spiro atoms. The fraction of sp³-hybridized carbons (Fsp3) is 0.0952. The van der Waals surface area contributed by atoms with Crippen molar-refractivity contribution in [2.45, 2.75) is 10.1 Å². The second kappa shape index (κ2) is 7.63. The van der Waals surface area contributed by atoms with E-state index in [9.17, 15) is 4.79 Å². The summed E-state index contributed by atoms with van der Waals surface area (Å²) in [6.07, 6.45) is 0. The van der Waals surface area contributed by atoms with E-state index in [2.05, 4.69) is 5.32 Å². The minimum atomic E-state index is -0.418. The molecule has 0 radical (unpaired) electrons. The number of nitrogens with two attached hydrogens (primary N) is 1. The van der Waals surface area contributed by atoms with E-state index in [4.69, 9.17) is 15.2 Å². The molecular weight excluding hydrogens is 360 g/mol. The molecule has 27 heavy (non-hydrogen) atoms. The largest absolute Gasteiger partial charge is 0.454 e. The summed E-state index contributed by atoms with van der Waals surface area (Å²) in [6, 6.07) is 22.6. The zero-order valence-electron chi connectivity index (χ0n) is 14.4. The highest BCUT2D eigenvalue weighted by molar-refractivity contribution is 8.00.